The molecule has 2 aliphatic heterocycles. The molecule has 1 saturated heterocycles. The van der Waals surface area contributed by atoms with Crippen molar-refractivity contribution in [2.75, 3.05) is 26.2 Å². The van der Waals surface area contributed by atoms with Gasteiger partial charge in [0.15, 0.2) is 0 Å². The predicted octanol–water partition coefficient (Wildman–Crippen LogP) is 4.56. The maximum absolute atomic E-state index is 13.6. The van der Waals surface area contributed by atoms with Gasteiger partial charge in [-0.25, -0.2) is 5.01 Å². The summed E-state index contributed by atoms with van der Waals surface area (Å²) in [5.74, 6) is -0.354. The van der Waals surface area contributed by atoms with E-state index in [-0.39, 0.29) is 30.4 Å². The number of ether oxygens (including phenoxy) is 1. The average molecular weight is 462 g/mol. The van der Waals surface area contributed by atoms with Crippen LogP contribution in [-0.2, 0) is 14.3 Å². The Kier molecular flexibility index (Phi) is 7.47. The van der Waals surface area contributed by atoms with Gasteiger partial charge in [-0.3, -0.25) is 14.5 Å². The van der Waals surface area contributed by atoms with Crippen molar-refractivity contribution in [3.63, 3.8) is 0 Å². The number of piperidine rings is 1. The first-order valence-corrected chi connectivity index (χ1v) is 12.3. The van der Waals surface area contributed by atoms with Crippen molar-refractivity contribution in [3.8, 4) is 0 Å². The van der Waals surface area contributed by atoms with Crippen LogP contribution in [0.15, 0.2) is 47.6 Å². The summed E-state index contributed by atoms with van der Waals surface area (Å²) >= 11 is 0. The van der Waals surface area contributed by atoms with E-state index < -0.39 is 0 Å². The van der Waals surface area contributed by atoms with Gasteiger partial charge >= 0.3 is 5.97 Å². The van der Waals surface area contributed by atoms with Crippen molar-refractivity contribution in [3.05, 3.63) is 70.3 Å². The third-order valence-corrected chi connectivity index (χ3v) is 6.89. The third-order valence-electron chi connectivity index (χ3n) is 6.89. The highest BCUT2D eigenvalue weighted by molar-refractivity contribution is 6.04. The molecule has 0 spiro atoms. The summed E-state index contributed by atoms with van der Waals surface area (Å²) < 4.78 is 5.22. The van der Waals surface area contributed by atoms with E-state index in [1.807, 2.05) is 19.1 Å². The maximum atomic E-state index is 13.6. The summed E-state index contributed by atoms with van der Waals surface area (Å²) in [6, 6.07) is 14.5. The molecule has 0 aliphatic carbocycles. The van der Waals surface area contributed by atoms with Crippen molar-refractivity contribution in [2.24, 2.45) is 11.0 Å². The molecule has 0 saturated carbocycles. The summed E-state index contributed by atoms with van der Waals surface area (Å²) in [6.45, 7) is 10.1. The molecule has 2 aliphatic rings. The molecule has 1 fully saturated rings. The van der Waals surface area contributed by atoms with E-state index in [1.165, 1.54) is 11.1 Å². The van der Waals surface area contributed by atoms with Crippen LogP contribution in [0.2, 0.25) is 0 Å². The molecule has 0 radical (unpaired) electrons. The number of carbonyl (C=O) groups is 2. The van der Waals surface area contributed by atoms with Gasteiger partial charge in [0.05, 0.1) is 30.8 Å². The van der Waals surface area contributed by atoms with Crippen LogP contribution in [0.4, 0.5) is 0 Å². The van der Waals surface area contributed by atoms with Gasteiger partial charge in [-0.2, -0.15) is 5.10 Å². The average Bonchev–Trinajstić information content (AvgIpc) is 3.25. The van der Waals surface area contributed by atoms with Crippen molar-refractivity contribution < 1.29 is 14.3 Å². The van der Waals surface area contributed by atoms with E-state index in [9.17, 15) is 9.59 Å². The molecular weight excluding hydrogens is 426 g/mol. The molecule has 0 aromatic heterocycles. The lowest BCUT2D eigenvalue weighted by molar-refractivity contribution is -0.150. The molecule has 34 heavy (non-hydrogen) atoms. The molecule has 0 N–H and O–H groups in total. The Balaban J connectivity index is 1.58. The van der Waals surface area contributed by atoms with Crippen LogP contribution in [0.3, 0.4) is 0 Å². The minimum atomic E-state index is -0.165. The molecule has 0 unspecified atom stereocenters. The van der Waals surface area contributed by atoms with E-state index in [0.717, 1.165) is 41.8 Å². The molecule has 180 valence electrons. The topological polar surface area (TPSA) is 62.2 Å². The first kappa shape index (κ1) is 24.1. The van der Waals surface area contributed by atoms with Crippen LogP contribution in [0.5, 0.6) is 0 Å². The highest BCUT2D eigenvalue weighted by atomic mass is 16.5. The van der Waals surface area contributed by atoms with Crippen LogP contribution in [0.25, 0.3) is 0 Å². The number of likely N-dealkylation sites (tertiary alicyclic amines) is 1. The van der Waals surface area contributed by atoms with Gasteiger partial charge in [0.25, 0.3) is 5.91 Å². The van der Waals surface area contributed by atoms with Crippen LogP contribution in [0, 0.1) is 26.7 Å². The molecule has 4 rings (SSSR count). The minimum Gasteiger partial charge on any atom is -0.466 e. The minimum absolute atomic E-state index is 0.0301. The van der Waals surface area contributed by atoms with Gasteiger partial charge in [0.2, 0.25) is 0 Å². The number of hydrogen-bond acceptors (Lipinski definition) is 5. The molecule has 0 bridgehead atoms. The molecule has 2 aromatic rings. The van der Waals surface area contributed by atoms with Gasteiger partial charge in [-0.05, 0) is 63.8 Å². The fourth-order valence-electron chi connectivity index (χ4n) is 5.16. The van der Waals surface area contributed by atoms with Gasteiger partial charge in [0.1, 0.15) is 0 Å². The summed E-state index contributed by atoms with van der Waals surface area (Å²) in [5.41, 5.74) is 6.71. The van der Waals surface area contributed by atoms with Crippen molar-refractivity contribution in [2.45, 2.75) is 53.0 Å². The number of esters is 1. The van der Waals surface area contributed by atoms with Gasteiger partial charge < -0.3 is 4.74 Å². The number of carbonyl (C=O) groups excluding carboxylic acids is 2. The lowest BCUT2D eigenvalue weighted by Gasteiger charge is -2.32. The number of benzene rings is 2. The number of aryl methyl sites for hydroxylation is 3. The zero-order valence-corrected chi connectivity index (χ0v) is 20.7. The van der Waals surface area contributed by atoms with Gasteiger partial charge in [0, 0.05) is 18.5 Å². The van der Waals surface area contributed by atoms with Crippen LogP contribution in [-0.4, -0.2) is 53.7 Å². The Labute approximate surface area is 202 Å². The van der Waals surface area contributed by atoms with Crippen LogP contribution in [0.1, 0.15) is 60.0 Å². The predicted molar refractivity (Wildman–Crippen MR) is 134 cm³/mol. The van der Waals surface area contributed by atoms with Crippen LogP contribution < -0.4 is 0 Å². The van der Waals surface area contributed by atoms with Crippen molar-refractivity contribution in [1.82, 2.24) is 9.91 Å². The highest BCUT2D eigenvalue weighted by Gasteiger charge is 2.36. The number of rotatable bonds is 6. The van der Waals surface area contributed by atoms with Crippen LogP contribution >= 0.6 is 0 Å². The molecule has 6 nitrogen and oxygen atoms in total. The number of hydrazone groups is 1. The first-order chi connectivity index (χ1) is 16.4. The van der Waals surface area contributed by atoms with E-state index in [1.54, 1.807) is 5.01 Å². The lowest BCUT2D eigenvalue weighted by atomic mass is 9.93. The smallest absolute Gasteiger partial charge is 0.310 e. The zero-order chi connectivity index (χ0) is 24.2. The van der Waals surface area contributed by atoms with Gasteiger partial charge in [-0.15, -0.1) is 0 Å². The Morgan fingerprint density at radius 2 is 1.88 bits per heavy atom. The van der Waals surface area contributed by atoms with Crippen molar-refractivity contribution in [1.29, 1.82) is 0 Å². The van der Waals surface area contributed by atoms with E-state index in [4.69, 9.17) is 9.84 Å². The Morgan fingerprint density at radius 1 is 1.09 bits per heavy atom. The fourth-order valence-corrected chi connectivity index (χ4v) is 5.16. The van der Waals surface area contributed by atoms with Gasteiger partial charge in [-0.1, -0.05) is 48.0 Å². The number of amides is 1. The Hall–Kier alpha value is -2.99. The standard InChI is InChI=1S/C28H35N3O3/c1-5-34-28(33)22-10-8-14-30(17-22)18-27(32)31-26(24-11-7-6-9-20(24)3)16-25(29-31)23-13-12-19(2)15-21(23)4/h6-7,9,11-13,15,22,26H,5,8,10,14,16-18H2,1-4H3/t22-,26-/m0/s1. The van der Waals surface area contributed by atoms with E-state index in [0.29, 0.717) is 19.6 Å². The summed E-state index contributed by atoms with van der Waals surface area (Å²) in [4.78, 5) is 27.9. The summed E-state index contributed by atoms with van der Waals surface area (Å²) in [7, 11) is 0. The van der Waals surface area contributed by atoms with E-state index >= 15 is 0 Å². The highest BCUT2D eigenvalue weighted by Crippen LogP contribution is 2.35. The molecule has 1 amide bonds. The molecule has 6 heteroatoms. The fraction of sp³-hybridized carbons (Fsp3) is 0.464. The number of hydrogen-bond donors (Lipinski definition) is 0. The molecule has 2 heterocycles. The second-order valence-corrected chi connectivity index (χ2v) is 9.51. The quantitative estimate of drug-likeness (QED) is 0.592. The molecule has 2 aromatic carbocycles. The molecular formula is C28H35N3O3. The summed E-state index contributed by atoms with van der Waals surface area (Å²) in [6.07, 6.45) is 2.38. The molecule has 2 atom stereocenters. The Morgan fingerprint density at radius 3 is 2.62 bits per heavy atom. The van der Waals surface area contributed by atoms with E-state index in [2.05, 4.69) is 56.0 Å². The maximum Gasteiger partial charge on any atom is 0.310 e. The largest absolute Gasteiger partial charge is 0.466 e. The third kappa shape index (κ3) is 5.22. The zero-order valence-electron chi connectivity index (χ0n) is 20.7. The second-order valence-electron chi connectivity index (χ2n) is 9.51. The lowest BCUT2D eigenvalue weighted by Crippen LogP contribution is -2.44. The monoisotopic (exact) mass is 461 g/mol. The first-order valence-electron chi connectivity index (χ1n) is 12.3. The SMILES string of the molecule is CCOC(=O)[C@H]1CCCN(CC(=O)N2N=C(c3ccc(C)cc3C)C[C@H]2c2ccccc2C)C1. The Bertz CT molecular complexity index is 1090. The van der Waals surface area contributed by atoms with Crippen molar-refractivity contribution >= 4 is 17.6 Å². The second kappa shape index (κ2) is 10.5. The number of nitrogens with zero attached hydrogens (tertiary/aromatic N) is 3. The normalized spacial score (nSPS) is 20.8. The summed E-state index contributed by atoms with van der Waals surface area (Å²) in [5, 5.41) is 6.56.